The van der Waals surface area contributed by atoms with Gasteiger partial charge in [-0.1, -0.05) is 0 Å². The van der Waals surface area contributed by atoms with Crippen LogP contribution in [0.25, 0.3) is 0 Å². The number of carbonyl (C=O) groups is 3. The predicted molar refractivity (Wildman–Crippen MR) is 74.2 cm³/mol. The molecule has 0 aromatic rings. The molecule has 136 valence electrons. The third kappa shape index (κ3) is 11.4. The summed E-state index contributed by atoms with van der Waals surface area (Å²) in [7, 11) is 0. The number of ether oxygens (including phenoxy) is 1. The molecule has 0 bridgehead atoms. The smallest absolute Gasteiger partial charge is 0.300 e. The molecule has 11 heteroatoms. The molecular formula is C12H23NO10. The van der Waals surface area contributed by atoms with Crippen LogP contribution in [0.4, 0.5) is 0 Å². The van der Waals surface area contributed by atoms with E-state index in [1.54, 1.807) is 0 Å². The van der Waals surface area contributed by atoms with Crippen LogP contribution in [0, 0.1) is 0 Å². The van der Waals surface area contributed by atoms with Gasteiger partial charge in [0.15, 0.2) is 6.29 Å². The monoisotopic (exact) mass is 341 g/mol. The Bertz CT molecular complexity index is 368. The molecule has 0 aromatic carbocycles. The number of rotatable bonds is 2. The van der Waals surface area contributed by atoms with Crippen LogP contribution in [0.1, 0.15) is 20.8 Å². The van der Waals surface area contributed by atoms with Gasteiger partial charge in [0.05, 0.1) is 6.61 Å². The Kier molecular flexibility index (Phi) is 12.0. The Morgan fingerprint density at radius 1 is 0.957 bits per heavy atom. The molecule has 23 heavy (non-hydrogen) atoms. The molecule has 0 spiro atoms. The van der Waals surface area contributed by atoms with Gasteiger partial charge in [-0.2, -0.15) is 0 Å². The molecule has 1 aliphatic rings. The van der Waals surface area contributed by atoms with E-state index in [-0.39, 0.29) is 0 Å². The van der Waals surface area contributed by atoms with Crippen LogP contribution >= 0.6 is 0 Å². The Hall–Kier alpha value is -1.79. The maximum atomic E-state index is 10.7. The van der Waals surface area contributed by atoms with Crippen molar-refractivity contribution in [2.75, 3.05) is 6.61 Å². The van der Waals surface area contributed by atoms with Crippen LogP contribution in [-0.2, 0) is 19.1 Å². The summed E-state index contributed by atoms with van der Waals surface area (Å²) in [5, 5.41) is 54.2. The number of amides is 1. The second-order valence-corrected chi connectivity index (χ2v) is 4.49. The number of carboxylic acids is 2. The summed E-state index contributed by atoms with van der Waals surface area (Å²) in [5.74, 6) is -2.13. The topological polar surface area (TPSA) is 194 Å². The van der Waals surface area contributed by atoms with Crippen molar-refractivity contribution >= 4 is 17.8 Å². The average Bonchev–Trinajstić information content (AvgIpc) is 2.37. The highest BCUT2D eigenvalue weighted by molar-refractivity contribution is 5.73. The average molecular weight is 341 g/mol. The summed E-state index contributed by atoms with van der Waals surface area (Å²) in [5.41, 5.74) is 0. The van der Waals surface area contributed by atoms with E-state index in [9.17, 15) is 20.1 Å². The minimum atomic E-state index is -1.45. The Labute approximate surface area is 132 Å². The van der Waals surface area contributed by atoms with Crippen LogP contribution in [0.2, 0.25) is 0 Å². The van der Waals surface area contributed by atoms with Crippen LogP contribution in [0.3, 0.4) is 0 Å². The SMILES string of the molecule is CC(=O)N[C@H]1C(O)O[C@H](CO)[C@@H](O)[C@@H]1O.CC(=O)O.CC(=O)O. The molecular weight excluding hydrogens is 318 g/mol. The molecule has 1 fully saturated rings. The van der Waals surface area contributed by atoms with Crippen LogP contribution < -0.4 is 5.32 Å². The van der Waals surface area contributed by atoms with Crippen molar-refractivity contribution in [1.82, 2.24) is 5.32 Å². The molecule has 11 nitrogen and oxygen atoms in total. The van der Waals surface area contributed by atoms with E-state index >= 15 is 0 Å². The van der Waals surface area contributed by atoms with Gasteiger partial charge in [-0.25, -0.2) is 0 Å². The van der Waals surface area contributed by atoms with Gasteiger partial charge in [0.1, 0.15) is 24.4 Å². The van der Waals surface area contributed by atoms with E-state index in [0.717, 1.165) is 13.8 Å². The first kappa shape index (κ1) is 23.5. The maximum Gasteiger partial charge on any atom is 0.300 e. The Morgan fingerprint density at radius 2 is 1.35 bits per heavy atom. The van der Waals surface area contributed by atoms with Crippen molar-refractivity contribution in [3.8, 4) is 0 Å². The van der Waals surface area contributed by atoms with Gasteiger partial charge >= 0.3 is 0 Å². The molecule has 5 atom stereocenters. The van der Waals surface area contributed by atoms with Crippen molar-refractivity contribution in [1.29, 1.82) is 0 Å². The van der Waals surface area contributed by atoms with Crippen molar-refractivity contribution in [2.45, 2.75) is 51.4 Å². The Morgan fingerprint density at radius 3 is 1.65 bits per heavy atom. The van der Waals surface area contributed by atoms with Gasteiger partial charge in [0, 0.05) is 20.8 Å². The summed E-state index contributed by atoms with van der Waals surface area (Å²) in [6.45, 7) is 2.85. The number of carbonyl (C=O) groups excluding carboxylic acids is 1. The zero-order valence-electron chi connectivity index (χ0n) is 12.9. The lowest BCUT2D eigenvalue weighted by Gasteiger charge is -2.40. The molecule has 1 amide bonds. The fourth-order valence-electron chi connectivity index (χ4n) is 1.49. The third-order valence-corrected chi connectivity index (χ3v) is 2.27. The zero-order chi connectivity index (χ0) is 18.7. The molecule has 0 aliphatic carbocycles. The fraction of sp³-hybridized carbons (Fsp3) is 0.750. The van der Waals surface area contributed by atoms with E-state index < -0.39 is 55.1 Å². The van der Waals surface area contributed by atoms with E-state index in [1.807, 2.05) is 0 Å². The number of aliphatic carboxylic acids is 2. The predicted octanol–water partition coefficient (Wildman–Crippen LogP) is -2.90. The first-order valence-corrected chi connectivity index (χ1v) is 6.40. The molecule has 1 aliphatic heterocycles. The summed E-state index contributed by atoms with van der Waals surface area (Å²) in [6, 6.07) is -1.10. The lowest BCUT2D eigenvalue weighted by atomic mass is 9.97. The van der Waals surface area contributed by atoms with Crippen LogP contribution in [0.15, 0.2) is 0 Å². The zero-order valence-corrected chi connectivity index (χ0v) is 12.9. The lowest BCUT2D eigenvalue weighted by molar-refractivity contribution is -0.253. The molecule has 1 saturated heterocycles. The molecule has 0 aromatic heterocycles. The summed E-state index contributed by atoms with van der Waals surface area (Å²) in [4.78, 5) is 28.7. The lowest BCUT2D eigenvalue weighted by Crippen LogP contribution is -2.63. The quantitative estimate of drug-likeness (QED) is 0.274. The van der Waals surface area contributed by atoms with Gasteiger partial charge < -0.3 is 40.7 Å². The standard InChI is InChI=1S/C8H15NO6.2C2H4O2/c1-3(11)9-5-7(13)6(12)4(2-10)15-8(5)14;2*1-2(3)4/h4-8,10,12-14H,2H2,1H3,(H,9,11);2*1H3,(H,3,4)/t4-,5-,6-,7-,8?;;/m1../s1. The largest absolute Gasteiger partial charge is 0.481 e. The maximum absolute atomic E-state index is 10.7. The highest BCUT2D eigenvalue weighted by Gasteiger charge is 2.43. The molecule has 0 radical (unpaired) electrons. The molecule has 0 saturated carbocycles. The summed E-state index contributed by atoms with van der Waals surface area (Å²) < 4.78 is 4.81. The number of carboxylic acid groups (broad SMARTS) is 2. The van der Waals surface area contributed by atoms with E-state index in [4.69, 9.17) is 29.6 Å². The third-order valence-electron chi connectivity index (χ3n) is 2.27. The van der Waals surface area contributed by atoms with E-state index in [1.165, 1.54) is 6.92 Å². The van der Waals surface area contributed by atoms with E-state index in [0.29, 0.717) is 0 Å². The van der Waals surface area contributed by atoms with Gasteiger partial charge in [0.2, 0.25) is 5.91 Å². The van der Waals surface area contributed by atoms with Gasteiger partial charge in [-0.05, 0) is 0 Å². The molecule has 1 unspecified atom stereocenters. The number of hydrogen-bond acceptors (Lipinski definition) is 8. The number of aliphatic hydroxyl groups is 4. The Balaban J connectivity index is 0. The minimum absolute atomic E-state index is 0.462. The highest BCUT2D eigenvalue weighted by Crippen LogP contribution is 2.19. The summed E-state index contributed by atoms with van der Waals surface area (Å²) >= 11 is 0. The minimum Gasteiger partial charge on any atom is -0.481 e. The van der Waals surface area contributed by atoms with Gasteiger partial charge in [-0.3, -0.25) is 14.4 Å². The number of nitrogens with one attached hydrogen (secondary N) is 1. The normalized spacial score (nSPS) is 29.1. The first-order valence-electron chi connectivity index (χ1n) is 6.40. The fourth-order valence-corrected chi connectivity index (χ4v) is 1.49. The second-order valence-electron chi connectivity index (χ2n) is 4.49. The van der Waals surface area contributed by atoms with Gasteiger partial charge in [-0.15, -0.1) is 0 Å². The number of hydrogen-bond donors (Lipinski definition) is 7. The van der Waals surface area contributed by atoms with Crippen LogP contribution in [0.5, 0.6) is 0 Å². The molecule has 1 heterocycles. The van der Waals surface area contributed by atoms with Crippen molar-refractivity contribution in [2.24, 2.45) is 0 Å². The first-order chi connectivity index (χ1) is 10.4. The van der Waals surface area contributed by atoms with Crippen molar-refractivity contribution < 1.29 is 49.8 Å². The highest BCUT2D eigenvalue weighted by atomic mass is 16.6. The van der Waals surface area contributed by atoms with E-state index in [2.05, 4.69) is 5.32 Å². The number of aliphatic hydroxyl groups excluding tert-OH is 4. The van der Waals surface area contributed by atoms with Crippen molar-refractivity contribution in [3.05, 3.63) is 0 Å². The second kappa shape index (κ2) is 11.7. The molecule has 1 rings (SSSR count). The van der Waals surface area contributed by atoms with Crippen molar-refractivity contribution in [3.63, 3.8) is 0 Å². The van der Waals surface area contributed by atoms with Crippen LogP contribution in [-0.4, -0.2) is 85.7 Å². The summed E-state index contributed by atoms with van der Waals surface area (Å²) in [6.07, 6.45) is -5.24. The molecule has 7 N–H and O–H groups in total. The van der Waals surface area contributed by atoms with Gasteiger partial charge in [0.25, 0.3) is 11.9 Å².